The molecule has 0 unspecified atom stereocenters. The number of hydrogen-bond donors (Lipinski definition) is 2. The molecule has 2 heterocycles. The second kappa shape index (κ2) is 15.3. The van der Waals surface area contributed by atoms with E-state index in [-0.39, 0.29) is 51.4 Å². The van der Waals surface area contributed by atoms with Crippen molar-refractivity contribution < 1.29 is 41.2 Å². The van der Waals surface area contributed by atoms with Gasteiger partial charge in [-0.2, -0.15) is 18.2 Å². The van der Waals surface area contributed by atoms with Crippen molar-refractivity contribution in [3.05, 3.63) is 119 Å². The Balaban J connectivity index is 1.46. The maximum atomic E-state index is 15.1. The first-order valence-electron chi connectivity index (χ1n) is 16.4. The van der Waals surface area contributed by atoms with Gasteiger partial charge in [0.25, 0.3) is 5.91 Å². The third kappa shape index (κ3) is 7.83. The number of likely N-dealkylation sites (N-methyl/N-ethyl adjacent to an activating group) is 1. The number of hydrogen-bond acceptors (Lipinski definition) is 8. The average molecular weight is 746 g/mol. The molecule has 0 bridgehead atoms. The largest absolute Gasteiger partial charge is 0.493 e. The molecule has 2 N–H and O–H groups in total. The Morgan fingerprint density at radius 2 is 1.57 bits per heavy atom. The zero-order valence-electron chi connectivity index (χ0n) is 29.0. The summed E-state index contributed by atoms with van der Waals surface area (Å²) in [6.07, 6.45) is -5.43. The van der Waals surface area contributed by atoms with E-state index in [1.807, 2.05) is 37.2 Å². The number of aryl methyl sites for hydroxylation is 1. The maximum absolute atomic E-state index is 15.1. The van der Waals surface area contributed by atoms with Crippen molar-refractivity contribution in [2.45, 2.75) is 19.6 Å². The van der Waals surface area contributed by atoms with E-state index in [0.29, 0.717) is 24.2 Å². The molecule has 11 nitrogen and oxygen atoms in total. The predicted octanol–water partition coefficient (Wildman–Crippen LogP) is 7.40. The normalized spacial score (nSPS) is 12.6. The number of para-hydroxylation sites is 1. The van der Waals surface area contributed by atoms with E-state index in [2.05, 4.69) is 25.4 Å². The van der Waals surface area contributed by atoms with Crippen LogP contribution in [-0.4, -0.2) is 66.1 Å². The first-order chi connectivity index (χ1) is 25.7. The van der Waals surface area contributed by atoms with Crippen LogP contribution in [-0.2, 0) is 16.2 Å². The quantitative estimate of drug-likeness (QED) is 0.118. The van der Waals surface area contributed by atoms with E-state index in [9.17, 15) is 27.6 Å². The number of hydroxylamine groups is 1. The molecule has 0 fully saturated rings. The van der Waals surface area contributed by atoms with Crippen LogP contribution in [0.15, 0.2) is 91.0 Å². The van der Waals surface area contributed by atoms with Gasteiger partial charge in [-0.15, -0.1) is 5.06 Å². The van der Waals surface area contributed by atoms with Crippen LogP contribution < -0.4 is 20.6 Å². The van der Waals surface area contributed by atoms with Gasteiger partial charge < -0.3 is 20.4 Å². The number of nitrogens with one attached hydrogen (secondary N) is 2. The highest BCUT2D eigenvalue weighted by Gasteiger charge is 2.44. The van der Waals surface area contributed by atoms with E-state index in [4.69, 9.17) is 0 Å². The highest BCUT2D eigenvalue weighted by Crippen LogP contribution is 2.39. The van der Waals surface area contributed by atoms with Crippen molar-refractivity contribution in [1.82, 2.24) is 20.2 Å². The monoisotopic (exact) mass is 745 g/mol. The number of alkyl halides is 3. The molecule has 278 valence electrons. The fourth-order valence-electron chi connectivity index (χ4n) is 5.66. The van der Waals surface area contributed by atoms with Crippen molar-refractivity contribution in [2.24, 2.45) is 0 Å². The van der Waals surface area contributed by atoms with Crippen molar-refractivity contribution in [3.8, 4) is 22.4 Å². The van der Waals surface area contributed by atoms with Gasteiger partial charge in [0.1, 0.15) is 17.3 Å². The minimum absolute atomic E-state index is 0.0163. The summed E-state index contributed by atoms with van der Waals surface area (Å²) in [6.45, 7) is 2.35. The molecule has 0 aliphatic carbocycles. The number of carbonyl (C=O) groups is 3. The first kappa shape index (κ1) is 37.3. The van der Waals surface area contributed by atoms with Gasteiger partial charge in [-0.1, -0.05) is 54.6 Å². The minimum atomic E-state index is -5.43. The van der Waals surface area contributed by atoms with Crippen LogP contribution in [0.5, 0.6) is 0 Å². The molecule has 0 spiro atoms. The smallest absolute Gasteiger partial charge is 0.353 e. The molecule has 1 aliphatic heterocycles. The fourth-order valence-corrected chi connectivity index (χ4v) is 5.66. The van der Waals surface area contributed by atoms with Crippen LogP contribution in [0.3, 0.4) is 0 Å². The van der Waals surface area contributed by atoms with E-state index in [1.165, 1.54) is 30.3 Å². The molecule has 0 radical (unpaired) electrons. The summed E-state index contributed by atoms with van der Waals surface area (Å²) in [7, 11) is 3.68. The fraction of sp³-hybridized carbons (Fsp3) is 0.184. The number of carbonyl (C=O) groups excluding carboxylic acids is 3. The van der Waals surface area contributed by atoms with Gasteiger partial charge in [-0.3, -0.25) is 4.79 Å². The average Bonchev–Trinajstić information content (AvgIpc) is 3.14. The van der Waals surface area contributed by atoms with E-state index < -0.39 is 41.4 Å². The first-order valence-corrected chi connectivity index (χ1v) is 16.4. The van der Waals surface area contributed by atoms with Crippen LogP contribution in [0.1, 0.15) is 21.5 Å². The number of benzene rings is 4. The zero-order chi connectivity index (χ0) is 38.7. The minimum Gasteiger partial charge on any atom is -0.353 e. The summed E-state index contributed by atoms with van der Waals surface area (Å²) in [5, 5.41) is 5.89. The third-order valence-electron chi connectivity index (χ3n) is 8.36. The Morgan fingerprint density at radius 3 is 2.22 bits per heavy atom. The molecular weight excluding hydrogens is 713 g/mol. The van der Waals surface area contributed by atoms with Crippen LogP contribution in [0.25, 0.3) is 22.4 Å². The molecule has 5 aromatic rings. The Labute approximate surface area is 306 Å². The van der Waals surface area contributed by atoms with E-state index in [1.54, 1.807) is 31.2 Å². The molecule has 0 saturated carbocycles. The van der Waals surface area contributed by atoms with Crippen molar-refractivity contribution in [3.63, 3.8) is 0 Å². The van der Waals surface area contributed by atoms with Gasteiger partial charge in [0, 0.05) is 29.8 Å². The lowest BCUT2D eigenvalue weighted by Gasteiger charge is -2.31. The van der Waals surface area contributed by atoms with Crippen LogP contribution >= 0.6 is 0 Å². The summed E-state index contributed by atoms with van der Waals surface area (Å²) in [5.41, 5.74) is 1.59. The summed E-state index contributed by atoms with van der Waals surface area (Å²) < 4.78 is 70.7. The predicted molar refractivity (Wildman–Crippen MR) is 191 cm³/mol. The molecule has 4 aromatic carbocycles. The van der Waals surface area contributed by atoms with Crippen molar-refractivity contribution in [1.29, 1.82) is 0 Å². The zero-order valence-corrected chi connectivity index (χ0v) is 29.0. The van der Waals surface area contributed by atoms with Gasteiger partial charge >= 0.3 is 18.2 Å². The van der Waals surface area contributed by atoms with E-state index >= 15 is 8.78 Å². The molecule has 6 rings (SSSR count). The van der Waals surface area contributed by atoms with Crippen molar-refractivity contribution in [2.75, 3.05) is 42.5 Å². The number of rotatable bonds is 9. The lowest BCUT2D eigenvalue weighted by molar-refractivity contribution is -0.199. The second-order valence-electron chi connectivity index (χ2n) is 12.4. The summed E-state index contributed by atoms with van der Waals surface area (Å²) in [6, 6.07) is 21.3. The number of fused-ring (bicyclic) bond motifs is 1. The van der Waals surface area contributed by atoms with Crippen LogP contribution in [0.4, 0.5) is 49.9 Å². The number of nitrogens with zero attached hydrogens (tertiary/aromatic N) is 5. The molecule has 1 aromatic heterocycles. The molecule has 1 aliphatic rings. The molecule has 0 saturated heterocycles. The summed E-state index contributed by atoms with van der Waals surface area (Å²) in [4.78, 5) is 55.8. The number of amides is 3. The van der Waals surface area contributed by atoms with Gasteiger partial charge in [0.2, 0.25) is 5.95 Å². The highest BCUT2D eigenvalue weighted by molar-refractivity contribution is 6.07. The number of aromatic nitrogens is 2. The Hall–Kier alpha value is -6.42. The molecule has 16 heteroatoms. The second-order valence-corrected chi connectivity index (χ2v) is 12.4. The Kier molecular flexibility index (Phi) is 10.6. The number of halogens is 5. The SMILES string of the molecule is Cc1ccc(C(=O)N(OC(=O)C(F)(F)F)c2ccc(-c3ccccc3)cc2)cc1-c1nc(NCCN(C)C)nc2c1CNC(=O)N2c1c(F)cccc1F. The molecule has 0 atom stereocenters. The Bertz CT molecular complexity index is 2200. The highest BCUT2D eigenvalue weighted by atomic mass is 19.4. The summed E-state index contributed by atoms with van der Waals surface area (Å²) >= 11 is 0. The molecule has 3 amide bonds. The lowest BCUT2D eigenvalue weighted by Crippen LogP contribution is -2.43. The van der Waals surface area contributed by atoms with Gasteiger partial charge in [0.05, 0.1) is 17.9 Å². The topological polar surface area (TPSA) is 120 Å². The van der Waals surface area contributed by atoms with Crippen LogP contribution in [0.2, 0.25) is 0 Å². The van der Waals surface area contributed by atoms with Gasteiger partial charge in [-0.25, -0.2) is 28.3 Å². The summed E-state index contributed by atoms with van der Waals surface area (Å²) in [5.74, 6) is -5.97. The van der Waals surface area contributed by atoms with Gasteiger partial charge in [-0.05, 0) is 74.1 Å². The molecular formula is C38H32F5N7O4. The number of anilines is 4. The maximum Gasteiger partial charge on any atom is 0.493 e. The van der Waals surface area contributed by atoms with Crippen LogP contribution in [0, 0.1) is 18.6 Å². The standard InChI is InChI=1S/C38H32F5N7O4/c1-22-12-13-25(34(51)50(54-35(52)38(41,42)43)26-16-14-24(15-17-26)23-8-5-4-6-9-23)20-27(22)31-28-21-45-37(53)49(32-29(39)10-7-11-30(32)40)33(28)47-36(46-31)44-18-19-48(2)3/h4-17,20H,18-19,21H2,1-3H3,(H,45,53)(H,44,46,47). The lowest BCUT2D eigenvalue weighted by atomic mass is 9.97. The Morgan fingerprint density at radius 1 is 0.907 bits per heavy atom. The number of urea groups is 1. The van der Waals surface area contributed by atoms with Crippen molar-refractivity contribution >= 4 is 41.0 Å². The molecule has 54 heavy (non-hydrogen) atoms. The van der Waals surface area contributed by atoms with Gasteiger partial charge in [0.15, 0.2) is 5.82 Å². The van der Waals surface area contributed by atoms with E-state index in [0.717, 1.165) is 28.7 Å². The third-order valence-corrected chi connectivity index (χ3v) is 8.36.